The molecule has 1 heterocycles. The van der Waals surface area contributed by atoms with Gasteiger partial charge in [-0.2, -0.15) is 5.10 Å². The molecule has 2 atom stereocenters. The van der Waals surface area contributed by atoms with Crippen LogP contribution < -0.4 is 0 Å². The Hall–Kier alpha value is -0.790. The van der Waals surface area contributed by atoms with E-state index >= 15 is 0 Å². The van der Waals surface area contributed by atoms with Crippen molar-refractivity contribution in [3.05, 3.63) is 18.0 Å². The van der Waals surface area contributed by atoms with E-state index in [1.165, 1.54) is 18.5 Å². The van der Waals surface area contributed by atoms with E-state index in [1.54, 1.807) is 0 Å². The molecule has 1 N–H and O–H groups in total. The summed E-state index contributed by atoms with van der Waals surface area (Å²) in [5, 5.41) is 6.95. The van der Waals surface area contributed by atoms with Gasteiger partial charge >= 0.3 is 0 Å². The third-order valence-electron chi connectivity index (χ3n) is 2.54. The summed E-state index contributed by atoms with van der Waals surface area (Å²) in [4.78, 5) is 0. The summed E-state index contributed by atoms with van der Waals surface area (Å²) in [6, 6.07) is 2.08. The van der Waals surface area contributed by atoms with Gasteiger partial charge in [-0.05, 0) is 24.8 Å². The third-order valence-corrected chi connectivity index (χ3v) is 2.54. The molecule has 0 aliphatic heterocycles. The Balaban J connectivity index is 2.14. The van der Waals surface area contributed by atoms with Gasteiger partial charge in [0.2, 0.25) is 0 Å². The summed E-state index contributed by atoms with van der Waals surface area (Å²) in [5.41, 5.74) is 1.32. The van der Waals surface area contributed by atoms with Crippen LogP contribution in [-0.4, -0.2) is 10.2 Å². The standard InChI is InChI=1S/C8H12N2/c1-6-2-3-7(6)8-4-5-9-10-8/h4-7H,2-3H2,1H3,(H,9,10)/t6-,7+/m1/s1. The molecule has 0 amide bonds. The van der Waals surface area contributed by atoms with E-state index in [1.807, 2.05) is 6.20 Å². The first-order valence-corrected chi connectivity index (χ1v) is 3.87. The minimum atomic E-state index is 0.766. The predicted molar refractivity (Wildman–Crippen MR) is 39.7 cm³/mol. The molecule has 0 radical (unpaired) electrons. The molecule has 0 unspecified atom stereocenters. The Labute approximate surface area is 60.6 Å². The summed E-state index contributed by atoms with van der Waals surface area (Å²) >= 11 is 0. The highest BCUT2D eigenvalue weighted by Crippen LogP contribution is 2.40. The quantitative estimate of drug-likeness (QED) is 0.627. The number of aromatic nitrogens is 2. The van der Waals surface area contributed by atoms with E-state index in [9.17, 15) is 0 Å². The van der Waals surface area contributed by atoms with Crippen LogP contribution >= 0.6 is 0 Å². The van der Waals surface area contributed by atoms with Crippen LogP contribution in [0.25, 0.3) is 0 Å². The lowest BCUT2D eigenvalue weighted by molar-refractivity contribution is 0.274. The van der Waals surface area contributed by atoms with Gasteiger partial charge in [0, 0.05) is 17.8 Å². The molecule has 10 heavy (non-hydrogen) atoms. The fraction of sp³-hybridized carbons (Fsp3) is 0.625. The van der Waals surface area contributed by atoms with E-state index in [0.717, 1.165) is 11.8 Å². The summed E-state index contributed by atoms with van der Waals surface area (Å²) in [7, 11) is 0. The highest BCUT2D eigenvalue weighted by molar-refractivity contribution is 5.10. The van der Waals surface area contributed by atoms with Gasteiger partial charge in [0.05, 0.1) is 0 Å². The first-order chi connectivity index (χ1) is 4.88. The smallest absolute Gasteiger partial charge is 0.0490 e. The topological polar surface area (TPSA) is 28.7 Å². The van der Waals surface area contributed by atoms with Crippen LogP contribution in [0, 0.1) is 5.92 Å². The van der Waals surface area contributed by atoms with Crippen LogP contribution in [0.2, 0.25) is 0 Å². The number of hydrogen-bond acceptors (Lipinski definition) is 1. The van der Waals surface area contributed by atoms with E-state index in [4.69, 9.17) is 0 Å². The molecule has 2 nitrogen and oxygen atoms in total. The van der Waals surface area contributed by atoms with Crippen molar-refractivity contribution in [1.29, 1.82) is 0 Å². The van der Waals surface area contributed by atoms with Crippen LogP contribution in [0.5, 0.6) is 0 Å². The van der Waals surface area contributed by atoms with Crippen molar-refractivity contribution in [3.63, 3.8) is 0 Å². The van der Waals surface area contributed by atoms with Crippen molar-refractivity contribution in [2.45, 2.75) is 25.7 Å². The van der Waals surface area contributed by atoms with Gasteiger partial charge in [-0.25, -0.2) is 0 Å². The van der Waals surface area contributed by atoms with E-state index in [0.29, 0.717) is 0 Å². The number of nitrogens with one attached hydrogen (secondary N) is 1. The second kappa shape index (κ2) is 2.11. The molecular weight excluding hydrogens is 124 g/mol. The Morgan fingerprint density at radius 3 is 2.90 bits per heavy atom. The van der Waals surface area contributed by atoms with Crippen molar-refractivity contribution >= 4 is 0 Å². The van der Waals surface area contributed by atoms with Gasteiger partial charge < -0.3 is 0 Å². The van der Waals surface area contributed by atoms with Crippen LogP contribution in [0.3, 0.4) is 0 Å². The van der Waals surface area contributed by atoms with Gasteiger partial charge in [0.15, 0.2) is 0 Å². The molecule has 0 aromatic carbocycles. The molecule has 2 heteroatoms. The number of nitrogens with zero attached hydrogens (tertiary/aromatic N) is 1. The number of H-pyrrole nitrogens is 1. The van der Waals surface area contributed by atoms with Crippen molar-refractivity contribution in [2.75, 3.05) is 0 Å². The number of hydrogen-bond donors (Lipinski definition) is 1. The molecule has 0 saturated heterocycles. The van der Waals surface area contributed by atoms with Crippen LogP contribution in [0.1, 0.15) is 31.4 Å². The number of rotatable bonds is 1. The molecular formula is C8H12N2. The molecule has 54 valence electrons. The van der Waals surface area contributed by atoms with Gasteiger partial charge in [-0.15, -0.1) is 0 Å². The van der Waals surface area contributed by atoms with Crippen molar-refractivity contribution in [3.8, 4) is 0 Å². The van der Waals surface area contributed by atoms with Crippen LogP contribution in [0.4, 0.5) is 0 Å². The van der Waals surface area contributed by atoms with Gasteiger partial charge in [0.1, 0.15) is 0 Å². The zero-order valence-corrected chi connectivity index (χ0v) is 6.17. The first kappa shape index (κ1) is 5.96. The fourth-order valence-electron chi connectivity index (χ4n) is 1.60. The van der Waals surface area contributed by atoms with E-state index < -0.39 is 0 Å². The highest BCUT2D eigenvalue weighted by atomic mass is 15.1. The molecule has 0 spiro atoms. The molecule has 1 aliphatic rings. The molecule has 1 aromatic heterocycles. The largest absolute Gasteiger partial charge is 0.282 e. The molecule has 1 aliphatic carbocycles. The Kier molecular flexibility index (Phi) is 1.26. The van der Waals surface area contributed by atoms with Gasteiger partial charge in [-0.1, -0.05) is 6.92 Å². The normalized spacial score (nSPS) is 31.7. The van der Waals surface area contributed by atoms with E-state index in [2.05, 4.69) is 23.2 Å². The third kappa shape index (κ3) is 0.753. The van der Waals surface area contributed by atoms with Crippen molar-refractivity contribution < 1.29 is 0 Å². The molecule has 1 aromatic rings. The van der Waals surface area contributed by atoms with E-state index in [-0.39, 0.29) is 0 Å². The van der Waals surface area contributed by atoms with Crippen molar-refractivity contribution in [2.24, 2.45) is 5.92 Å². The lowest BCUT2D eigenvalue weighted by Gasteiger charge is -2.32. The summed E-state index contributed by atoms with van der Waals surface area (Å²) in [6.07, 6.45) is 4.55. The summed E-state index contributed by atoms with van der Waals surface area (Å²) in [5.74, 6) is 1.63. The van der Waals surface area contributed by atoms with Crippen LogP contribution in [0.15, 0.2) is 12.3 Å². The maximum Gasteiger partial charge on any atom is 0.0490 e. The zero-order valence-electron chi connectivity index (χ0n) is 6.17. The Morgan fingerprint density at radius 2 is 2.50 bits per heavy atom. The second-order valence-electron chi connectivity index (χ2n) is 3.17. The SMILES string of the molecule is C[C@@H]1CC[C@@H]1c1ccn[nH]1. The molecule has 2 rings (SSSR count). The first-order valence-electron chi connectivity index (χ1n) is 3.87. The average molecular weight is 136 g/mol. The minimum absolute atomic E-state index is 0.766. The van der Waals surface area contributed by atoms with Gasteiger partial charge in [-0.3, -0.25) is 5.10 Å². The molecule has 1 fully saturated rings. The van der Waals surface area contributed by atoms with Gasteiger partial charge in [0.25, 0.3) is 0 Å². The lowest BCUT2D eigenvalue weighted by atomic mass is 9.73. The van der Waals surface area contributed by atoms with Crippen LogP contribution in [-0.2, 0) is 0 Å². The zero-order chi connectivity index (χ0) is 6.97. The molecule has 1 saturated carbocycles. The second-order valence-corrected chi connectivity index (χ2v) is 3.17. The maximum absolute atomic E-state index is 3.93. The Bertz CT molecular complexity index is 203. The molecule has 0 bridgehead atoms. The number of aromatic amines is 1. The minimum Gasteiger partial charge on any atom is -0.282 e. The Morgan fingerprint density at radius 1 is 1.60 bits per heavy atom. The maximum atomic E-state index is 3.93. The summed E-state index contributed by atoms with van der Waals surface area (Å²) in [6.45, 7) is 2.30. The van der Waals surface area contributed by atoms with Crippen molar-refractivity contribution in [1.82, 2.24) is 10.2 Å². The monoisotopic (exact) mass is 136 g/mol. The summed E-state index contributed by atoms with van der Waals surface area (Å²) < 4.78 is 0. The highest BCUT2D eigenvalue weighted by Gasteiger charge is 2.28. The fourth-order valence-corrected chi connectivity index (χ4v) is 1.60. The average Bonchev–Trinajstić information content (AvgIpc) is 2.37. The predicted octanol–water partition coefficient (Wildman–Crippen LogP) is 1.92. The lowest BCUT2D eigenvalue weighted by Crippen LogP contribution is -2.20.